The van der Waals surface area contributed by atoms with Gasteiger partial charge in [0.05, 0.1) is 12.0 Å². The zero-order valence-corrected chi connectivity index (χ0v) is 9.77. The summed E-state index contributed by atoms with van der Waals surface area (Å²) in [6.07, 6.45) is 3.90. The molecule has 84 valence electrons. The summed E-state index contributed by atoms with van der Waals surface area (Å²) in [6.45, 7) is 7.61. The smallest absolute Gasteiger partial charge is 0.0951 e. The monoisotopic (exact) mass is 208 g/mol. The third-order valence-electron chi connectivity index (χ3n) is 3.10. The lowest BCUT2D eigenvalue weighted by molar-refractivity contribution is 0.169. The third-order valence-corrected chi connectivity index (χ3v) is 3.10. The number of nitrogens with zero attached hydrogens (tertiary/aromatic N) is 3. The normalized spacial score (nSPS) is 17.4. The van der Waals surface area contributed by atoms with E-state index in [9.17, 15) is 0 Å². The predicted octanol–water partition coefficient (Wildman–Crippen LogP) is 0.868. The molecule has 0 saturated carbocycles. The van der Waals surface area contributed by atoms with Crippen LogP contribution in [0.25, 0.3) is 0 Å². The maximum Gasteiger partial charge on any atom is 0.0951 e. The van der Waals surface area contributed by atoms with Gasteiger partial charge in [-0.15, -0.1) is 0 Å². The molecule has 1 N–H and O–H groups in total. The average molecular weight is 208 g/mol. The summed E-state index contributed by atoms with van der Waals surface area (Å²) in [7, 11) is 2.18. The molecule has 1 aromatic rings. The third kappa shape index (κ3) is 2.21. The van der Waals surface area contributed by atoms with E-state index in [0.29, 0.717) is 12.1 Å². The Morgan fingerprint density at radius 2 is 2.33 bits per heavy atom. The van der Waals surface area contributed by atoms with E-state index in [4.69, 9.17) is 0 Å². The molecular formula is C11H20N4. The van der Waals surface area contributed by atoms with Crippen LogP contribution in [0.2, 0.25) is 0 Å². The highest BCUT2D eigenvalue weighted by atomic mass is 15.2. The van der Waals surface area contributed by atoms with Crippen molar-refractivity contribution in [1.82, 2.24) is 19.8 Å². The Morgan fingerprint density at radius 1 is 1.60 bits per heavy atom. The van der Waals surface area contributed by atoms with Crippen LogP contribution in [0.3, 0.4) is 0 Å². The number of imidazole rings is 1. The van der Waals surface area contributed by atoms with Gasteiger partial charge in [0.2, 0.25) is 0 Å². The second kappa shape index (κ2) is 4.33. The number of hydrogen-bond acceptors (Lipinski definition) is 3. The zero-order chi connectivity index (χ0) is 10.8. The Kier molecular flexibility index (Phi) is 3.07. The zero-order valence-electron chi connectivity index (χ0n) is 9.77. The Hall–Kier alpha value is -0.870. The summed E-state index contributed by atoms with van der Waals surface area (Å²) >= 11 is 0. The fourth-order valence-corrected chi connectivity index (χ4v) is 1.89. The number of nitrogens with one attached hydrogen (secondary N) is 1. The van der Waals surface area contributed by atoms with Crippen molar-refractivity contribution in [2.45, 2.75) is 32.5 Å². The summed E-state index contributed by atoms with van der Waals surface area (Å²) in [6, 6.07) is 1.19. The molecule has 0 aromatic carbocycles. The molecule has 1 saturated heterocycles. The van der Waals surface area contributed by atoms with E-state index >= 15 is 0 Å². The molecule has 0 bridgehead atoms. The molecule has 0 unspecified atom stereocenters. The maximum atomic E-state index is 4.22. The standard InChI is InChI=1S/C11H20N4/c1-9(2)15-8-13-6-11(15)7-14(3)10-4-12-5-10/h6,8-10,12H,4-5,7H2,1-3H3. The highest BCUT2D eigenvalue weighted by Gasteiger charge is 2.22. The number of aromatic nitrogens is 2. The lowest BCUT2D eigenvalue weighted by Crippen LogP contribution is -2.55. The van der Waals surface area contributed by atoms with Crippen molar-refractivity contribution in [2.75, 3.05) is 20.1 Å². The SMILES string of the molecule is CC(C)n1cncc1CN(C)C1CNC1. The lowest BCUT2D eigenvalue weighted by atomic mass is 10.1. The first-order chi connectivity index (χ1) is 7.18. The molecule has 15 heavy (non-hydrogen) atoms. The number of hydrogen-bond donors (Lipinski definition) is 1. The summed E-state index contributed by atoms with van der Waals surface area (Å²) in [5.74, 6) is 0. The van der Waals surface area contributed by atoms with Crippen LogP contribution in [0.1, 0.15) is 25.6 Å². The first-order valence-electron chi connectivity index (χ1n) is 5.60. The van der Waals surface area contributed by atoms with Crippen LogP contribution in [0, 0.1) is 0 Å². The van der Waals surface area contributed by atoms with Gasteiger partial charge >= 0.3 is 0 Å². The van der Waals surface area contributed by atoms with Gasteiger partial charge < -0.3 is 9.88 Å². The Labute approximate surface area is 91.3 Å². The van der Waals surface area contributed by atoms with Crippen molar-refractivity contribution in [3.05, 3.63) is 18.2 Å². The molecular weight excluding hydrogens is 188 g/mol. The van der Waals surface area contributed by atoms with Crippen LogP contribution in [0.4, 0.5) is 0 Å². The first kappa shape index (κ1) is 10.6. The minimum atomic E-state index is 0.496. The summed E-state index contributed by atoms with van der Waals surface area (Å²) in [5.41, 5.74) is 1.31. The topological polar surface area (TPSA) is 33.1 Å². The van der Waals surface area contributed by atoms with Crippen molar-refractivity contribution in [3.63, 3.8) is 0 Å². The van der Waals surface area contributed by atoms with Gasteiger partial charge in [0.25, 0.3) is 0 Å². The Morgan fingerprint density at radius 3 is 2.87 bits per heavy atom. The van der Waals surface area contributed by atoms with Gasteiger partial charge in [-0.3, -0.25) is 4.90 Å². The molecule has 0 radical (unpaired) electrons. The molecule has 2 heterocycles. The van der Waals surface area contributed by atoms with E-state index in [2.05, 4.69) is 40.7 Å². The van der Waals surface area contributed by atoms with Crippen LogP contribution in [0.5, 0.6) is 0 Å². The second-order valence-corrected chi connectivity index (χ2v) is 4.61. The van der Waals surface area contributed by atoms with Gasteiger partial charge in [-0.2, -0.15) is 0 Å². The van der Waals surface area contributed by atoms with Gasteiger partial charge in [-0.1, -0.05) is 0 Å². The first-order valence-corrected chi connectivity index (χ1v) is 5.60. The highest BCUT2D eigenvalue weighted by Crippen LogP contribution is 2.13. The molecule has 0 aliphatic carbocycles. The van der Waals surface area contributed by atoms with Crippen LogP contribution in [-0.4, -0.2) is 40.6 Å². The van der Waals surface area contributed by atoms with Crippen LogP contribution < -0.4 is 5.32 Å². The predicted molar refractivity (Wildman–Crippen MR) is 60.7 cm³/mol. The van der Waals surface area contributed by atoms with Gasteiger partial charge in [0, 0.05) is 37.9 Å². The lowest BCUT2D eigenvalue weighted by Gasteiger charge is -2.35. The Bertz CT molecular complexity index is 314. The fourth-order valence-electron chi connectivity index (χ4n) is 1.89. The average Bonchev–Trinajstić information content (AvgIpc) is 2.48. The van der Waals surface area contributed by atoms with Gasteiger partial charge in [-0.05, 0) is 20.9 Å². The molecule has 1 aromatic heterocycles. The number of likely N-dealkylation sites (N-methyl/N-ethyl adjacent to an activating group) is 1. The van der Waals surface area contributed by atoms with E-state index in [1.54, 1.807) is 0 Å². The van der Waals surface area contributed by atoms with E-state index in [0.717, 1.165) is 19.6 Å². The molecule has 1 aliphatic heterocycles. The molecule has 1 fully saturated rings. The molecule has 0 spiro atoms. The minimum Gasteiger partial charge on any atom is -0.331 e. The van der Waals surface area contributed by atoms with Gasteiger partial charge in [-0.25, -0.2) is 4.98 Å². The van der Waals surface area contributed by atoms with Gasteiger partial charge in [0.1, 0.15) is 0 Å². The quantitative estimate of drug-likeness (QED) is 0.797. The summed E-state index contributed by atoms with van der Waals surface area (Å²) in [4.78, 5) is 6.62. The van der Waals surface area contributed by atoms with E-state index in [1.807, 2.05) is 12.5 Å². The molecule has 4 nitrogen and oxygen atoms in total. The highest BCUT2D eigenvalue weighted by molar-refractivity contribution is 5.00. The van der Waals surface area contributed by atoms with E-state index in [-0.39, 0.29) is 0 Å². The van der Waals surface area contributed by atoms with Crippen molar-refractivity contribution in [3.8, 4) is 0 Å². The summed E-state index contributed by atoms with van der Waals surface area (Å²) in [5, 5.41) is 3.30. The van der Waals surface area contributed by atoms with Crippen LogP contribution in [0.15, 0.2) is 12.5 Å². The van der Waals surface area contributed by atoms with Crippen molar-refractivity contribution in [1.29, 1.82) is 0 Å². The Balaban J connectivity index is 1.99. The second-order valence-electron chi connectivity index (χ2n) is 4.61. The molecule has 0 amide bonds. The number of rotatable bonds is 4. The van der Waals surface area contributed by atoms with Gasteiger partial charge in [0.15, 0.2) is 0 Å². The minimum absolute atomic E-state index is 0.496. The largest absolute Gasteiger partial charge is 0.331 e. The fraction of sp³-hybridized carbons (Fsp3) is 0.727. The van der Waals surface area contributed by atoms with E-state index in [1.165, 1.54) is 5.69 Å². The van der Waals surface area contributed by atoms with Crippen molar-refractivity contribution >= 4 is 0 Å². The van der Waals surface area contributed by atoms with Crippen LogP contribution >= 0.6 is 0 Å². The van der Waals surface area contributed by atoms with Crippen molar-refractivity contribution in [2.24, 2.45) is 0 Å². The van der Waals surface area contributed by atoms with Crippen molar-refractivity contribution < 1.29 is 0 Å². The maximum absolute atomic E-state index is 4.22. The molecule has 2 rings (SSSR count). The molecule has 1 aliphatic rings. The van der Waals surface area contributed by atoms with E-state index < -0.39 is 0 Å². The van der Waals surface area contributed by atoms with Crippen LogP contribution in [-0.2, 0) is 6.54 Å². The molecule has 0 atom stereocenters. The molecule has 4 heteroatoms. The summed E-state index contributed by atoms with van der Waals surface area (Å²) < 4.78 is 2.24.